The Labute approximate surface area is 186 Å². The van der Waals surface area contributed by atoms with Gasteiger partial charge < -0.3 is 14.4 Å². The van der Waals surface area contributed by atoms with Crippen LogP contribution in [0.1, 0.15) is 35.2 Å². The van der Waals surface area contributed by atoms with Crippen LogP contribution in [0.3, 0.4) is 0 Å². The fourth-order valence-corrected chi connectivity index (χ4v) is 5.16. The number of rotatable bonds is 9. The molecule has 2 fully saturated rings. The Balaban J connectivity index is 1.23. The van der Waals surface area contributed by atoms with Gasteiger partial charge in [-0.05, 0) is 30.5 Å². The minimum atomic E-state index is -0.578. The molecule has 1 atom stereocenters. The second kappa shape index (κ2) is 10.6. The number of fused-ring (bicyclic) bond motifs is 1. The highest BCUT2D eigenvalue weighted by Crippen LogP contribution is 2.34. The van der Waals surface area contributed by atoms with E-state index in [1.165, 1.54) is 0 Å². The average Bonchev–Trinajstić information content (AvgIpc) is 3.11. The molecule has 3 amide bonds. The number of morpholine rings is 1. The van der Waals surface area contributed by atoms with Crippen LogP contribution >= 0.6 is 11.8 Å². The highest BCUT2D eigenvalue weighted by molar-refractivity contribution is 7.99. The fourth-order valence-electron chi connectivity index (χ4n) is 4.22. The van der Waals surface area contributed by atoms with Crippen molar-refractivity contribution in [2.24, 2.45) is 0 Å². The first-order valence-corrected chi connectivity index (χ1v) is 11.9. The van der Waals surface area contributed by atoms with Crippen molar-refractivity contribution in [2.75, 3.05) is 51.8 Å². The summed E-state index contributed by atoms with van der Waals surface area (Å²) in [5.41, 5.74) is 1.62. The molecule has 2 saturated heterocycles. The van der Waals surface area contributed by atoms with Crippen molar-refractivity contribution in [3.05, 3.63) is 29.3 Å². The average molecular weight is 448 g/mol. The Morgan fingerprint density at radius 2 is 2.00 bits per heavy atom. The number of ether oxygens (including phenoxy) is 2. The van der Waals surface area contributed by atoms with Crippen molar-refractivity contribution in [2.45, 2.75) is 36.7 Å². The Hall–Kier alpha value is -1.94. The van der Waals surface area contributed by atoms with Crippen LogP contribution in [0.15, 0.2) is 23.1 Å². The van der Waals surface area contributed by atoms with Gasteiger partial charge in [0.15, 0.2) is 0 Å². The molecule has 0 aromatic heterocycles. The lowest BCUT2D eigenvalue weighted by molar-refractivity contribution is -0.136. The molecule has 0 radical (unpaired) electrons. The van der Waals surface area contributed by atoms with Crippen LogP contribution in [0.5, 0.6) is 0 Å². The Kier molecular flexibility index (Phi) is 7.60. The molecule has 31 heavy (non-hydrogen) atoms. The normalized spacial score (nSPS) is 22.0. The lowest BCUT2D eigenvalue weighted by Crippen LogP contribution is -2.52. The van der Waals surface area contributed by atoms with Crippen molar-refractivity contribution in [3.63, 3.8) is 0 Å². The van der Waals surface area contributed by atoms with Gasteiger partial charge in [-0.1, -0.05) is 6.07 Å². The molecule has 8 nitrogen and oxygen atoms in total. The number of hydrogen-bond donors (Lipinski definition) is 1. The van der Waals surface area contributed by atoms with Gasteiger partial charge in [0.1, 0.15) is 6.04 Å². The number of hydrogen-bond acceptors (Lipinski definition) is 7. The molecular weight excluding hydrogens is 418 g/mol. The Bertz CT molecular complexity index is 827. The quantitative estimate of drug-likeness (QED) is 0.347. The van der Waals surface area contributed by atoms with E-state index in [9.17, 15) is 14.4 Å². The van der Waals surface area contributed by atoms with Crippen LogP contribution in [0, 0.1) is 0 Å². The molecule has 3 aliphatic heterocycles. The van der Waals surface area contributed by atoms with Crippen molar-refractivity contribution in [3.8, 4) is 0 Å². The van der Waals surface area contributed by atoms with Crippen LogP contribution < -0.4 is 5.32 Å². The molecule has 1 aromatic carbocycles. The van der Waals surface area contributed by atoms with Crippen LogP contribution in [0.25, 0.3) is 0 Å². The number of thioether (sulfide) groups is 1. The molecule has 9 heteroatoms. The third-order valence-corrected chi connectivity index (χ3v) is 6.96. The van der Waals surface area contributed by atoms with Gasteiger partial charge in [-0.15, -0.1) is 11.8 Å². The topological polar surface area (TPSA) is 88.2 Å². The predicted octanol–water partition coefficient (Wildman–Crippen LogP) is 1.28. The zero-order valence-electron chi connectivity index (χ0n) is 17.6. The van der Waals surface area contributed by atoms with Gasteiger partial charge in [0, 0.05) is 55.4 Å². The molecule has 1 unspecified atom stereocenters. The first-order chi connectivity index (χ1) is 15.1. The SMILES string of the molecule is O=C1CCC(N2Cc3c(SCCOCCCN4CCOCC4)cccc3C2=O)C(=O)N1. The maximum Gasteiger partial charge on any atom is 0.255 e. The first-order valence-electron chi connectivity index (χ1n) is 10.9. The van der Waals surface area contributed by atoms with E-state index in [1.54, 1.807) is 16.7 Å². The molecule has 1 aromatic rings. The molecular formula is C22H29N3O5S. The van der Waals surface area contributed by atoms with Crippen molar-refractivity contribution in [1.29, 1.82) is 0 Å². The van der Waals surface area contributed by atoms with E-state index in [0.717, 1.165) is 62.1 Å². The largest absolute Gasteiger partial charge is 0.381 e. The number of carbonyl (C=O) groups excluding carboxylic acids is 3. The van der Waals surface area contributed by atoms with E-state index < -0.39 is 6.04 Å². The summed E-state index contributed by atoms with van der Waals surface area (Å²) in [6.07, 6.45) is 1.66. The molecule has 3 aliphatic rings. The van der Waals surface area contributed by atoms with Crippen molar-refractivity contribution < 1.29 is 23.9 Å². The van der Waals surface area contributed by atoms with Crippen LogP contribution in [-0.4, -0.2) is 85.4 Å². The second-order valence-corrected chi connectivity index (χ2v) is 9.09. The van der Waals surface area contributed by atoms with Gasteiger partial charge in [0.25, 0.3) is 5.91 Å². The smallest absolute Gasteiger partial charge is 0.255 e. The zero-order valence-corrected chi connectivity index (χ0v) is 18.5. The zero-order chi connectivity index (χ0) is 21.6. The molecule has 0 spiro atoms. The van der Waals surface area contributed by atoms with Gasteiger partial charge in [-0.3, -0.25) is 24.6 Å². The summed E-state index contributed by atoms with van der Waals surface area (Å²) >= 11 is 1.68. The van der Waals surface area contributed by atoms with Gasteiger partial charge >= 0.3 is 0 Å². The molecule has 168 valence electrons. The fraction of sp³-hybridized carbons (Fsp3) is 0.591. The van der Waals surface area contributed by atoms with Gasteiger partial charge in [0.2, 0.25) is 11.8 Å². The lowest BCUT2D eigenvalue weighted by Gasteiger charge is -2.29. The molecule has 4 rings (SSSR count). The van der Waals surface area contributed by atoms with E-state index in [-0.39, 0.29) is 24.1 Å². The van der Waals surface area contributed by atoms with Gasteiger partial charge in [0.05, 0.1) is 19.8 Å². The first kappa shape index (κ1) is 22.3. The highest BCUT2D eigenvalue weighted by Gasteiger charge is 2.39. The monoisotopic (exact) mass is 447 g/mol. The summed E-state index contributed by atoms with van der Waals surface area (Å²) in [7, 11) is 0. The lowest BCUT2D eigenvalue weighted by atomic mass is 10.0. The van der Waals surface area contributed by atoms with Crippen LogP contribution in [0.2, 0.25) is 0 Å². The van der Waals surface area contributed by atoms with Crippen molar-refractivity contribution in [1.82, 2.24) is 15.1 Å². The number of imide groups is 1. The van der Waals surface area contributed by atoms with Crippen molar-refractivity contribution >= 4 is 29.5 Å². The molecule has 0 saturated carbocycles. The third-order valence-electron chi connectivity index (χ3n) is 5.89. The van der Waals surface area contributed by atoms with Crippen LogP contribution in [0.4, 0.5) is 0 Å². The number of nitrogens with one attached hydrogen (secondary N) is 1. The summed E-state index contributed by atoms with van der Waals surface area (Å²) in [6, 6.07) is 5.14. The Morgan fingerprint density at radius 1 is 1.16 bits per heavy atom. The maximum atomic E-state index is 12.9. The Morgan fingerprint density at radius 3 is 2.81 bits per heavy atom. The maximum absolute atomic E-state index is 12.9. The summed E-state index contributed by atoms with van der Waals surface area (Å²) in [4.78, 5) is 41.6. The third kappa shape index (κ3) is 5.46. The second-order valence-electron chi connectivity index (χ2n) is 7.95. The van der Waals surface area contributed by atoms with E-state index in [1.807, 2.05) is 18.2 Å². The van der Waals surface area contributed by atoms with Gasteiger partial charge in [-0.2, -0.15) is 0 Å². The minimum absolute atomic E-state index is 0.133. The standard InChI is InChI=1S/C22H29N3O5S/c26-20-6-5-18(21(27)23-20)25-15-17-16(22(25)28)3-1-4-19(17)31-14-13-29-10-2-7-24-8-11-30-12-9-24/h1,3-4,18H,2,5-15H2,(H,23,26,27). The van der Waals surface area contributed by atoms with Gasteiger partial charge in [-0.25, -0.2) is 0 Å². The summed E-state index contributed by atoms with van der Waals surface area (Å²) < 4.78 is 11.1. The minimum Gasteiger partial charge on any atom is -0.381 e. The molecule has 0 bridgehead atoms. The highest BCUT2D eigenvalue weighted by atomic mass is 32.2. The van der Waals surface area contributed by atoms with E-state index in [0.29, 0.717) is 25.1 Å². The predicted molar refractivity (Wildman–Crippen MR) is 116 cm³/mol. The number of benzene rings is 1. The number of piperidine rings is 1. The number of carbonyl (C=O) groups is 3. The van der Waals surface area contributed by atoms with Crippen LogP contribution in [-0.2, 0) is 25.6 Å². The molecule has 0 aliphatic carbocycles. The molecule has 3 heterocycles. The summed E-state index contributed by atoms with van der Waals surface area (Å²) in [6.45, 7) is 6.50. The van der Waals surface area contributed by atoms with E-state index in [4.69, 9.17) is 9.47 Å². The number of nitrogens with zero attached hydrogens (tertiary/aromatic N) is 2. The summed E-state index contributed by atoms with van der Waals surface area (Å²) in [5, 5.41) is 2.34. The summed E-state index contributed by atoms with van der Waals surface area (Å²) in [5.74, 6) is 0.0238. The molecule has 1 N–H and O–H groups in total. The van der Waals surface area contributed by atoms with E-state index in [2.05, 4.69) is 10.2 Å². The van der Waals surface area contributed by atoms with E-state index >= 15 is 0 Å². The number of amides is 3.